The van der Waals surface area contributed by atoms with E-state index in [1.54, 1.807) is 13.0 Å². The Morgan fingerprint density at radius 2 is 1.92 bits per heavy atom. The quantitative estimate of drug-likeness (QED) is 0.583. The highest BCUT2D eigenvalue weighted by Gasteiger charge is 2.13. The molecule has 0 saturated heterocycles. The van der Waals surface area contributed by atoms with Gasteiger partial charge in [-0.15, -0.1) is 0 Å². The number of nitro groups is 1. The zero-order valence-electron chi connectivity index (χ0n) is 12.3. The lowest BCUT2D eigenvalue weighted by atomic mass is 10.2. The van der Waals surface area contributed by atoms with Gasteiger partial charge in [0.05, 0.1) is 20.7 Å². The van der Waals surface area contributed by atoms with E-state index in [2.05, 4.69) is 5.32 Å². The number of hydrogen-bond donors (Lipinski definition) is 1. The third kappa shape index (κ3) is 4.50. The van der Waals surface area contributed by atoms with Gasteiger partial charge in [-0.1, -0.05) is 34.8 Å². The number of non-ortho nitro benzene ring substituents is 1. The Hall–Kier alpha value is -2.02. The van der Waals surface area contributed by atoms with Crippen LogP contribution in [-0.2, 0) is 4.79 Å². The van der Waals surface area contributed by atoms with Crippen LogP contribution in [0.25, 0.3) is 0 Å². The molecule has 0 aliphatic carbocycles. The van der Waals surface area contributed by atoms with E-state index < -0.39 is 10.8 Å². The molecular formula is C15H11Cl3N2O4. The van der Waals surface area contributed by atoms with Gasteiger partial charge in [0, 0.05) is 17.2 Å². The summed E-state index contributed by atoms with van der Waals surface area (Å²) >= 11 is 17.8. The molecule has 0 unspecified atom stereocenters. The smallest absolute Gasteiger partial charge is 0.271 e. The largest absolute Gasteiger partial charge is 0.482 e. The van der Waals surface area contributed by atoms with Crippen molar-refractivity contribution in [2.24, 2.45) is 0 Å². The molecule has 6 nitrogen and oxygen atoms in total. The molecule has 2 aromatic rings. The standard InChI is InChI=1S/C15H11Cl3N2O4/c1-8-4-9(16)5-12(18)15(8)24-7-14(21)19-13-3-2-10(20(22)23)6-11(13)17/h2-6H,7H2,1H3,(H,19,21). The third-order valence-electron chi connectivity index (χ3n) is 2.98. The first kappa shape index (κ1) is 18.3. The molecule has 0 saturated carbocycles. The number of amides is 1. The lowest BCUT2D eigenvalue weighted by molar-refractivity contribution is -0.384. The van der Waals surface area contributed by atoms with Gasteiger partial charge in [-0.25, -0.2) is 0 Å². The van der Waals surface area contributed by atoms with Gasteiger partial charge in [-0.2, -0.15) is 0 Å². The van der Waals surface area contributed by atoms with E-state index in [1.165, 1.54) is 18.2 Å². The molecule has 0 heterocycles. The number of nitro benzene ring substituents is 1. The van der Waals surface area contributed by atoms with Gasteiger partial charge >= 0.3 is 0 Å². The lowest BCUT2D eigenvalue weighted by Crippen LogP contribution is -2.20. The van der Waals surface area contributed by atoms with Crippen LogP contribution < -0.4 is 10.1 Å². The second kappa shape index (κ2) is 7.70. The molecule has 0 bridgehead atoms. The molecule has 24 heavy (non-hydrogen) atoms. The molecular weight excluding hydrogens is 379 g/mol. The minimum Gasteiger partial charge on any atom is -0.482 e. The highest BCUT2D eigenvalue weighted by molar-refractivity contribution is 6.35. The number of carbonyl (C=O) groups excluding carboxylic acids is 1. The number of halogens is 3. The second-order valence-corrected chi connectivity index (χ2v) is 6.04. The Balaban J connectivity index is 2.03. The monoisotopic (exact) mass is 388 g/mol. The van der Waals surface area contributed by atoms with E-state index in [1.807, 2.05) is 0 Å². The minimum absolute atomic E-state index is 0.0539. The van der Waals surface area contributed by atoms with Crippen LogP contribution in [-0.4, -0.2) is 17.4 Å². The number of hydrogen-bond acceptors (Lipinski definition) is 4. The SMILES string of the molecule is Cc1cc(Cl)cc(Cl)c1OCC(=O)Nc1ccc([N+](=O)[O-])cc1Cl. The average molecular weight is 390 g/mol. The fourth-order valence-corrected chi connectivity index (χ4v) is 2.79. The Morgan fingerprint density at radius 3 is 2.50 bits per heavy atom. The first-order chi connectivity index (χ1) is 11.3. The average Bonchev–Trinajstić information content (AvgIpc) is 2.48. The molecule has 0 radical (unpaired) electrons. The molecule has 126 valence electrons. The van der Waals surface area contributed by atoms with Crippen LogP contribution in [0.3, 0.4) is 0 Å². The number of ether oxygens (including phenoxy) is 1. The van der Waals surface area contributed by atoms with Crippen molar-refractivity contribution in [2.45, 2.75) is 6.92 Å². The van der Waals surface area contributed by atoms with E-state index >= 15 is 0 Å². The van der Waals surface area contributed by atoms with E-state index in [9.17, 15) is 14.9 Å². The van der Waals surface area contributed by atoms with Crippen LogP contribution in [0.15, 0.2) is 30.3 Å². The molecule has 0 aromatic heterocycles. The Bertz CT molecular complexity index is 788. The summed E-state index contributed by atoms with van der Waals surface area (Å²) in [5.41, 5.74) is 0.765. The number of carbonyl (C=O) groups is 1. The van der Waals surface area contributed by atoms with Crippen molar-refractivity contribution in [3.8, 4) is 5.75 Å². The van der Waals surface area contributed by atoms with Crippen LogP contribution in [0.5, 0.6) is 5.75 Å². The van der Waals surface area contributed by atoms with Crippen LogP contribution in [0, 0.1) is 17.0 Å². The summed E-state index contributed by atoms with van der Waals surface area (Å²) in [6.45, 7) is 1.44. The zero-order valence-corrected chi connectivity index (χ0v) is 14.6. The van der Waals surface area contributed by atoms with Crippen molar-refractivity contribution in [3.63, 3.8) is 0 Å². The van der Waals surface area contributed by atoms with E-state index in [0.29, 0.717) is 21.4 Å². The molecule has 1 amide bonds. The third-order valence-corrected chi connectivity index (χ3v) is 3.79. The minimum atomic E-state index is -0.577. The van der Waals surface area contributed by atoms with Gasteiger partial charge in [-0.3, -0.25) is 14.9 Å². The van der Waals surface area contributed by atoms with Crippen LogP contribution in [0.2, 0.25) is 15.1 Å². The lowest BCUT2D eigenvalue weighted by Gasteiger charge is -2.12. The summed E-state index contributed by atoms with van der Waals surface area (Å²) < 4.78 is 5.40. The van der Waals surface area contributed by atoms with Crippen molar-refractivity contribution >= 4 is 52.1 Å². The second-order valence-electron chi connectivity index (χ2n) is 4.79. The fourth-order valence-electron chi connectivity index (χ4n) is 1.91. The van der Waals surface area contributed by atoms with Crippen molar-refractivity contribution in [2.75, 3.05) is 11.9 Å². The molecule has 1 N–H and O–H groups in total. The Kier molecular flexibility index (Phi) is 5.88. The van der Waals surface area contributed by atoms with Gasteiger partial charge in [0.1, 0.15) is 5.75 Å². The zero-order chi connectivity index (χ0) is 17.9. The van der Waals surface area contributed by atoms with Crippen LogP contribution in [0.4, 0.5) is 11.4 Å². The van der Waals surface area contributed by atoms with E-state index in [4.69, 9.17) is 39.5 Å². The van der Waals surface area contributed by atoms with Gasteiger partial charge in [0.25, 0.3) is 11.6 Å². The molecule has 0 atom stereocenters. The van der Waals surface area contributed by atoms with E-state index in [0.717, 1.165) is 6.07 Å². The highest BCUT2D eigenvalue weighted by Crippen LogP contribution is 2.32. The topological polar surface area (TPSA) is 81.5 Å². The Morgan fingerprint density at radius 1 is 1.21 bits per heavy atom. The Labute approximate surface area is 152 Å². The summed E-state index contributed by atoms with van der Waals surface area (Å²) in [7, 11) is 0. The maximum atomic E-state index is 11.9. The number of anilines is 1. The summed E-state index contributed by atoms with van der Waals surface area (Å²) in [5.74, 6) is -0.137. The number of nitrogens with zero attached hydrogens (tertiary/aromatic N) is 1. The first-order valence-corrected chi connectivity index (χ1v) is 7.73. The normalized spacial score (nSPS) is 10.3. The maximum absolute atomic E-state index is 11.9. The summed E-state index contributed by atoms with van der Waals surface area (Å²) in [5, 5.41) is 14.0. The van der Waals surface area contributed by atoms with Crippen molar-refractivity contribution in [1.82, 2.24) is 0 Å². The predicted molar refractivity (Wildman–Crippen MR) is 93.4 cm³/mol. The molecule has 2 rings (SSSR count). The van der Waals surface area contributed by atoms with Gasteiger partial charge in [0.15, 0.2) is 6.61 Å². The molecule has 0 aliphatic heterocycles. The van der Waals surface area contributed by atoms with Crippen molar-refractivity contribution < 1.29 is 14.5 Å². The summed E-state index contributed by atoms with van der Waals surface area (Å²) in [6.07, 6.45) is 0. The van der Waals surface area contributed by atoms with Gasteiger partial charge in [-0.05, 0) is 30.7 Å². The first-order valence-electron chi connectivity index (χ1n) is 6.60. The predicted octanol–water partition coefficient (Wildman–Crippen LogP) is 4.88. The molecule has 0 spiro atoms. The van der Waals surface area contributed by atoms with Crippen LogP contribution >= 0.6 is 34.8 Å². The number of rotatable bonds is 5. The maximum Gasteiger partial charge on any atom is 0.271 e. The summed E-state index contributed by atoms with van der Waals surface area (Å²) in [6, 6.07) is 6.91. The summed E-state index contributed by atoms with van der Waals surface area (Å²) in [4.78, 5) is 22.0. The number of aryl methyl sites for hydroxylation is 1. The molecule has 9 heteroatoms. The van der Waals surface area contributed by atoms with Crippen molar-refractivity contribution in [3.05, 3.63) is 61.1 Å². The molecule has 0 fully saturated rings. The highest BCUT2D eigenvalue weighted by atomic mass is 35.5. The molecule has 2 aromatic carbocycles. The molecule has 0 aliphatic rings. The van der Waals surface area contributed by atoms with Gasteiger partial charge < -0.3 is 10.1 Å². The van der Waals surface area contributed by atoms with Gasteiger partial charge in [0.2, 0.25) is 0 Å². The fraction of sp³-hybridized carbons (Fsp3) is 0.133. The number of nitrogens with one attached hydrogen (secondary N) is 1. The van der Waals surface area contributed by atoms with E-state index in [-0.39, 0.29) is 23.0 Å². The number of benzene rings is 2. The van der Waals surface area contributed by atoms with Crippen molar-refractivity contribution in [1.29, 1.82) is 0 Å². The van der Waals surface area contributed by atoms with Crippen LogP contribution in [0.1, 0.15) is 5.56 Å².